The summed E-state index contributed by atoms with van der Waals surface area (Å²) in [5.74, 6) is 1.06. The first-order chi connectivity index (χ1) is 8.48. The Morgan fingerprint density at radius 3 is 2.67 bits per heavy atom. The van der Waals surface area contributed by atoms with E-state index >= 15 is 0 Å². The van der Waals surface area contributed by atoms with Crippen molar-refractivity contribution >= 4 is 27.3 Å². The van der Waals surface area contributed by atoms with Gasteiger partial charge >= 0.3 is 0 Å². The fourth-order valence-corrected chi connectivity index (χ4v) is 2.88. The summed E-state index contributed by atoms with van der Waals surface area (Å²) in [5.41, 5.74) is 1.44. The van der Waals surface area contributed by atoms with Crippen LogP contribution in [0.25, 0.3) is 0 Å². The Labute approximate surface area is 113 Å². The van der Waals surface area contributed by atoms with Crippen LogP contribution >= 0.6 is 11.6 Å². The maximum atomic E-state index is 11.8. The molecule has 0 fully saturated rings. The average Bonchev–Trinajstić information content (AvgIpc) is 2.29. The molecule has 0 saturated heterocycles. The van der Waals surface area contributed by atoms with Gasteiger partial charge in [-0.3, -0.25) is 4.72 Å². The van der Waals surface area contributed by atoms with Gasteiger partial charge in [0.15, 0.2) is 0 Å². The Hall–Kier alpha value is -0.940. The molecule has 0 bridgehead atoms. The van der Waals surface area contributed by atoms with Gasteiger partial charge in [0.2, 0.25) is 10.0 Å². The second-order valence-corrected chi connectivity index (χ2v) is 6.24. The van der Waals surface area contributed by atoms with Gasteiger partial charge in [-0.15, -0.1) is 11.6 Å². The number of ether oxygens (including phenoxy) is 1. The lowest BCUT2D eigenvalue weighted by molar-refractivity contribution is 0.417. The number of hydrogen-bond acceptors (Lipinski definition) is 3. The third-order valence-electron chi connectivity index (χ3n) is 2.42. The number of unbranched alkanes of at least 4 members (excludes halogenated alkanes) is 1. The molecule has 0 aromatic heterocycles. The Balaban J connectivity index is 2.79. The van der Waals surface area contributed by atoms with Gasteiger partial charge in [-0.05, 0) is 37.5 Å². The molecule has 102 valence electrons. The molecule has 0 atom stereocenters. The molecule has 1 aromatic rings. The van der Waals surface area contributed by atoms with Gasteiger partial charge in [-0.2, -0.15) is 0 Å². The van der Waals surface area contributed by atoms with E-state index in [1.165, 1.54) is 7.11 Å². The molecule has 1 N–H and O–H groups in total. The molecule has 0 heterocycles. The zero-order valence-electron chi connectivity index (χ0n) is 10.6. The predicted molar refractivity (Wildman–Crippen MR) is 75.1 cm³/mol. The Bertz CT molecular complexity index is 488. The highest BCUT2D eigenvalue weighted by atomic mass is 35.5. The van der Waals surface area contributed by atoms with Crippen LogP contribution in [-0.4, -0.2) is 27.2 Å². The Morgan fingerprint density at radius 1 is 1.33 bits per heavy atom. The van der Waals surface area contributed by atoms with E-state index in [2.05, 4.69) is 4.72 Å². The molecule has 1 rings (SSSR count). The van der Waals surface area contributed by atoms with E-state index in [1.807, 2.05) is 13.0 Å². The highest BCUT2D eigenvalue weighted by Gasteiger charge is 2.13. The van der Waals surface area contributed by atoms with E-state index in [9.17, 15) is 8.42 Å². The summed E-state index contributed by atoms with van der Waals surface area (Å²) in [4.78, 5) is 0. The van der Waals surface area contributed by atoms with E-state index in [4.69, 9.17) is 16.3 Å². The van der Waals surface area contributed by atoms with E-state index in [0.29, 0.717) is 30.2 Å². The summed E-state index contributed by atoms with van der Waals surface area (Å²) >= 11 is 5.52. The van der Waals surface area contributed by atoms with Crippen molar-refractivity contribution < 1.29 is 13.2 Å². The van der Waals surface area contributed by atoms with E-state index in [1.54, 1.807) is 12.1 Å². The van der Waals surface area contributed by atoms with Gasteiger partial charge in [0.05, 0.1) is 18.6 Å². The minimum atomic E-state index is -3.34. The van der Waals surface area contributed by atoms with Crippen molar-refractivity contribution in [1.82, 2.24) is 0 Å². The van der Waals surface area contributed by atoms with Crippen LogP contribution in [-0.2, 0) is 10.0 Å². The lowest BCUT2D eigenvalue weighted by Gasteiger charge is -2.12. The van der Waals surface area contributed by atoms with Gasteiger partial charge < -0.3 is 4.74 Å². The minimum Gasteiger partial charge on any atom is -0.495 e. The third-order valence-corrected chi connectivity index (χ3v) is 4.04. The number of benzene rings is 1. The number of nitrogens with one attached hydrogen (secondary N) is 1. The number of methoxy groups -OCH3 is 1. The maximum Gasteiger partial charge on any atom is 0.232 e. The normalized spacial score (nSPS) is 11.3. The molecule has 0 saturated carbocycles. The van der Waals surface area contributed by atoms with E-state index in [0.717, 1.165) is 5.56 Å². The zero-order valence-corrected chi connectivity index (χ0v) is 12.1. The highest BCUT2D eigenvalue weighted by Crippen LogP contribution is 2.26. The summed E-state index contributed by atoms with van der Waals surface area (Å²) in [5, 5.41) is 0. The summed E-state index contributed by atoms with van der Waals surface area (Å²) in [6.07, 6.45) is 1.24. The quantitative estimate of drug-likeness (QED) is 0.621. The molecule has 0 aliphatic rings. The van der Waals surface area contributed by atoms with Crippen molar-refractivity contribution in [3.05, 3.63) is 23.8 Å². The van der Waals surface area contributed by atoms with Crippen LogP contribution in [0.2, 0.25) is 0 Å². The number of hydrogen-bond donors (Lipinski definition) is 1. The molecule has 0 radical (unpaired) electrons. The van der Waals surface area contributed by atoms with E-state index < -0.39 is 10.0 Å². The Morgan fingerprint density at radius 2 is 2.06 bits per heavy atom. The van der Waals surface area contributed by atoms with Crippen molar-refractivity contribution in [2.24, 2.45) is 0 Å². The van der Waals surface area contributed by atoms with Gasteiger partial charge in [0.1, 0.15) is 5.75 Å². The number of halogens is 1. The SMILES string of the molecule is COc1ccc(C)cc1NS(=O)(=O)CCCCCl. The smallest absolute Gasteiger partial charge is 0.232 e. The van der Waals surface area contributed by atoms with Gasteiger partial charge in [0, 0.05) is 5.88 Å². The summed E-state index contributed by atoms with van der Waals surface area (Å²) in [6, 6.07) is 5.36. The maximum absolute atomic E-state index is 11.8. The van der Waals surface area contributed by atoms with E-state index in [-0.39, 0.29) is 5.75 Å². The van der Waals surface area contributed by atoms with Crippen LogP contribution in [0.3, 0.4) is 0 Å². The first-order valence-electron chi connectivity index (χ1n) is 5.69. The molecule has 1 aromatic carbocycles. The topological polar surface area (TPSA) is 55.4 Å². The molecule has 6 heteroatoms. The summed E-state index contributed by atoms with van der Waals surface area (Å²) in [7, 11) is -1.83. The zero-order chi connectivity index (χ0) is 13.6. The fraction of sp³-hybridized carbons (Fsp3) is 0.500. The van der Waals surface area contributed by atoms with Crippen LogP contribution in [0.5, 0.6) is 5.75 Å². The first-order valence-corrected chi connectivity index (χ1v) is 7.88. The summed E-state index contributed by atoms with van der Waals surface area (Å²) in [6.45, 7) is 1.89. The number of anilines is 1. The largest absolute Gasteiger partial charge is 0.495 e. The van der Waals surface area contributed by atoms with Crippen molar-refractivity contribution in [3.8, 4) is 5.75 Å². The lowest BCUT2D eigenvalue weighted by atomic mass is 10.2. The fourth-order valence-electron chi connectivity index (χ4n) is 1.51. The van der Waals surface area contributed by atoms with Crippen molar-refractivity contribution in [2.75, 3.05) is 23.5 Å². The van der Waals surface area contributed by atoms with Gasteiger partial charge in [-0.1, -0.05) is 6.07 Å². The van der Waals surface area contributed by atoms with Gasteiger partial charge in [0.25, 0.3) is 0 Å². The molecule has 18 heavy (non-hydrogen) atoms. The molecule has 0 aliphatic heterocycles. The molecule has 0 spiro atoms. The second kappa shape index (κ2) is 6.85. The van der Waals surface area contributed by atoms with Gasteiger partial charge in [-0.25, -0.2) is 8.42 Å². The highest BCUT2D eigenvalue weighted by molar-refractivity contribution is 7.92. The van der Waals surface area contributed by atoms with Crippen molar-refractivity contribution in [1.29, 1.82) is 0 Å². The monoisotopic (exact) mass is 291 g/mol. The van der Waals surface area contributed by atoms with Crippen LogP contribution in [0.15, 0.2) is 18.2 Å². The van der Waals surface area contributed by atoms with Crippen LogP contribution < -0.4 is 9.46 Å². The number of rotatable bonds is 7. The molecule has 0 aliphatic carbocycles. The van der Waals surface area contributed by atoms with Crippen LogP contribution in [0, 0.1) is 6.92 Å². The number of alkyl halides is 1. The molecular weight excluding hydrogens is 274 g/mol. The molecule has 4 nitrogen and oxygen atoms in total. The van der Waals surface area contributed by atoms with Crippen molar-refractivity contribution in [2.45, 2.75) is 19.8 Å². The number of sulfonamides is 1. The third kappa shape index (κ3) is 4.74. The second-order valence-electron chi connectivity index (χ2n) is 4.02. The lowest BCUT2D eigenvalue weighted by Crippen LogP contribution is -2.17. The predicted octanol–water partition coefficient (Wildman–Crippen LogP) is 2.76. The minimum absolute atomic E-state index is 0.0663. The van der Waals surface area contributed by atoms with Crippen molar-refractivity contribution in [3.63, 3.8) is 0 Å². The first kappa shape index (κ1) is 15.1. The van der Waals surface area contributed by atoms with Crippen LogP contribution in [0.4, 0.5) is 5.69 Å². The van der Waals surface area contributed by atoms with Crippen LogP contribution in [0.1, 0.15) is 18.4 Å². The molecule has 0 unspecified atom stereocenters. The number of aryl methyl sites for hydroxylation is 1. The summed E-state index contributed by atoms with van der Waals surface area (Å²) < 4.78 is 31.4. The Kier molecular flexibility index (Phi) is 5.75. The molecule has 0 amide bonds. The molecular formula is C12H18ClNO3S. The average molecular weight is 292 g/mol. The standard InChI is InChI=1S/C12H18ClNO3S/c1-10-5-6-12(17-2)11(9-10)14-18(15,16)8-4-3-7-13/h5-6,9,14H,3-4,7-8H2,1-2H3.